The van der Waals surface area contributed by atoms with Crippen LogP contribution in [-0.2, 0) is 16.6 Å². The van der Waals surface area contributed by atoms with Crippen LogP contribution in [0.25, 0.3) is 0 Å². The second-order valence-corrected chi connectivity index (χ2v) is 9.34. The summed E-state index contributed by atoms with van der Waals surface area (Å²) in [5.74, 6) is 0.853. The second kappa shape index (κ2) is 9.50. The Labute approximate surface area is 182 Å². The fraction of sp³-hybridized carbons (Fsp3) is 0.609. The Hall–Kier alpha value is -1.89. The van der Waals surface area contributed by atoms with Gasteiger partial charge in [0.05, 0.1) is 5.41 Å². The molecule has 5 nitrogen and oxygen atoms in total. The van der Waals surface area contributed by atoms with E-state index in [9.17, 15) is 9.18 Å². The molecule has 7 heteroatoms. The van der Waals surface area contributed by atoms with Crippen LogP contribution in [0, 0.1) is 5.82 Å². The first-order chi connectivity index (χ1) is 14.6. The van der Waals surface area contributed by atoms with Gasteiger partial charge in [-0.15, -0.1) is 10.2 Å². The molecule has 2 aliphatic carbocycles. The Balaban J connectivity index is 1.37. The van der Waals surface area contributed by atoms with Crippen molar-refractivity contribution in [1.29, 1.82) is 0 Å². The fourth-order valence-corrected chi connectivity index (χ4v) is 5.73. The van der Waals surface area contributed by atoms with Crippen molar-refractivity contribution in [2.24, 2.45) is 0 Å². The molecule has 1 aromatic heterocycles. The Morgan fingerprint density at radius 2 is 1.87 bits per heavy atom. The number of aryl methyl sites for hydroxylation is 1. The van der Waals surface area contributed by atoms with Gasteiger partial charge in [0.1, 0.15) is 11.6 Å². The fourth-order valence-electron chi connectivity index (χ4n) is 5.16. The van der Waals surface area contributed by atoms with Crippen LogP contribution in [0.2, 0.25) is 0 Å². The monoisotopic (exact) mass is 430 g/mol. The molecule has 2 fully saturated rings. The number of benzene rings is 1. The smallest absolute Gasteiger partial charge is 0.230 e. The molecule has 162 valence electrons. The van der Waals surface area contributed by atoms with E-state index in [-0.39, 0.29) is 11.7 Å². The number of hydrogen-bond acceptors (Lipinski definition) is 4. The van der Waals surface area contributed by atoms with Gasteiger partial charge in [-0.3, -0.25) is 4.79 Å². The minimum atomic E-state index is -0.510. The van der Waals surface area contributed by atoms with Crippen LogP contribution in [0.3, 0.4) is 0 Å². The van der Waals surface area contributed by atoms with Crippen LogP contribution in [-0.4, -0.2) is 33.5 Å². The van der Waals surface area contributed by atoms with Gasteiger partial charge >= 0.3 is 0 Å². The third kappa shape index (κ3) is 4.27. The average molecular weight is 431 g/mol. The van der Waals surface area contributed by atoms with Crippen molar-refractivity contribution in [2.45, 2.75) is 80.8 Å². The molecule has 1 N–H and O–H groups in total. The number of rotatable bonds is 8. The van der Waals surface area contributed by atoms with Crippen molar-refractivity contribution >= 4 is 17.7 Å². The van der Waals surface area contributed by atoms with Crippen molar-refractivity contribution in [1.82, 2.24) is 20.1 Å². The molecule has 0 aliphatic heterocycles. The van der Waals surface area contributed by atoms with Crippen LogP contribution < -0.4 is 5.32 Å². The predicted molar refractivity (Wildman–Crippen MR) is 117 cm³/mol. The van der Waals surface area contributed by atoms with Gasteiger partial charge in [-0.25, -0.2) is 4.39 Å². The van der Waals surface area contributed by atoms with E-state index in [1.54, 1.807) is 23.9 Å². The van der Waals surface area contributed by atoms with Gasteiger partial charge in [0, 0.05) is 19.0 Å². The standard InChI is InChI=1S/C23H31FN4OS/c1-30-22-27-26-20(28(22)19-7-2-3-8-19)9-6-16-25-21(29)23(14-4-5-15-23)17-10-12-18(24)13-11-17/h10-13,19H,2-9,14-16H2,1H3,(H,25,29). The summed E-state index contributed by atoms with van der Waals surface area (Å²) < 4.78 is 15.7. The van der Waals surface area contributed by atoms with E-state index >= 15 is 0 Å². The first-order valence-electron chi connectivity index (χ1n) is 11.2. The van der Waals surface area contributed by atoms with E-state index < -0.39 is 5.41 Å². The van der Waals surface area contributed by atoms with Gasteiger partial charge < -0.3 is 9.88 Å². The molecule has 0 unspecified atom stereocenters. The SMILES string of the molecule is CSc1nnc(CCCNC(=O)C2(c3ccc(F)cc3)CCCC2)n1C1CCCC1. The highest BCUT2D eigenvalue weighted by Gasteiger charge is 2.42. The van der Waals surface area contributed by atoms with Gasteiger partial charge in [-0.05, 0) is 56.1 Å². The molecule has 2 aliphatic rings. The third-order valence-corrected chi connectivity index (χ3v) is 7.40. The minimum Gasteiger partial charge on any atom is -0.355 e. The summed E-state index contributed by atoms with van der Waals surface area (Å²) in [7, 11) is 0. The molecule has 0 atom stereocenters. The molecule has 4 rings (SSSR count). The summed E-state index contributed by atoms with van der Waals surface area (Å²) in [6.07, 6.45) is 12.4. The maximum atomic E-state index is 13.4. The lowest BCUT2D eigenvalue weighted by atomic mass is 9.78. The van der Waals surface area contributed by atoms with Crippen LogP contribution in [0.1, 0.15) is 75.2 Å². The van der Waals surface area contributed by atoms with Crippen LogP contribution in [0.4, 0.5) is 4.39 Å². The second-order valence-electron chi connectivity index (χ2n) is 8.57. The molecule has 1 heterocycles. The van der Waals surface area contributed by atoms with E-state index in [1.807, 2.05) is 0 Å². The Bertz CT molecular complexity index is 855. The van der Waals surface area contributed by atoms with Crippen LogP contribution >= 0.6 is 11.8 Å². The molecule has 2 saturated carbocycles. The quantitative estimate of drug-likeness (QED) is 0.482. The Morgan fingerprint density at radius 3 is 2.53 bits per heavy atom. The molecular weight excluding hydrogens is 399 g/mol. The third-order valence-electron chi connectivity index (χ3n) is 6.76. The molecule has 1 amide bonds. The topological polar surface area (TPSA) is 59.8 Å². The van der Waals surface area contributed by atoms with E-state index in [1.165, 1.54) is 37.8 Å². The maximum absolute atomic E-state index is 13.4. The number of carbonyl (C=O) groups is 1. The van der Waals surface area contributed by atoms with Crippen molar-refractivity contribution in [3.63, 3.8) is 0 Å². The largest absolute Gasteiger partial charge is 0.355 e. The molecule has 2 aromatic rings. The van der Waals surface area contributed by atoms with Gasteiger partial charge in [0.2, 0.25) is 5.91 Å². The number of aromatic nitrogens is 3. The summed E-state index contributed by atoms with van der Waals surface area (Å²) in [4.78, 5) is 13.1. The number of nitrogens with zero attached hydrogens (tertiary/aromatic N) is 3. The van der Waals surface area contributed by atoms with Gasteiger partial charge in [0.15, 0.2) is 5.16 Å². The van der Waals surface area contributed by atoms with E-state index in [0.29, 0.717) is 12.6 Å². The molecule has 30 heavy (non-hydrogen) atoms. The number of carbonyl (C=O) groups excluding carboxylic acids is 1. The van der Waals surface area contributed by atoms with Crippen molar-refractivity contribution in [3.05, 3.63) is 41.5 Å². The number of hydrogen-bond donors (Lipinski definition) is 1. The van der Waals surface area contributed by atoms with Crippen molar-refractivity contribution in [3.8, 4) is 0 Å². The number of amides is 1. The summed E-state index contributed by atoms with van der Waals surface area (Å²) >= 11 is 1.65. The van der Waals surface area contributed by atoms with E-state index in [2.05, 4.69) is 26.3 Å². The molecule has 0 spiro atoms. The van der Waals surface area contributed by atoms with Gasteiger partial charge in [-0.2, -0.15) is 0 Å². The lowest BCUT2D eigenvalue weighted by Crippen LogP contribution is -2.43. The highest BCUT2D eigenvalue weighted by Crippen LogP contribution is 2.41. The highest BCUT2D eigenvalue weighted by molar-refractivity contribution is 7.98. The van der Waals surface area contributed by atoms with E-state index in [0.717, 1.165) is 55.1 Å². The van der Waals surface area contributed by atoms with Gasteiger partial charge in [0.25, 0.3) is 0 Å². The lowest BCUT2D eigenvalue weighted by molar-refractivity contribution is -0.126. The zero-order valence-electron chi connectivity index (χ0n) is 17.7. The van der Waals surface area contributed by atoms with Crippen LogP contribution in [0.15, 0.2) is 29.4 Å². The summed E-state index contributed by atoms with van der Waals surface area (Å²) in [6, 6.07) is 6.99. The molecular formula is C23H31FN4OS. The predicted octanol–water partition coefficient (Wildman–Crippen LogP) is 4.82. The summed E-state index contributed by atoms with van der Waals surface area (Å²) in [5, 5.41) is 13.0. The molecule has 1 aromatic carbocycles. The highest BCUT2D eigenvalue weighted by atomic mass is 32.2. The van der Waals surface area contributed by atoms with Gasteiger partial charge in [-0.1, -0.05) is 49.6 Å². The minimum absolute atomic E-state index is 0.0775. The zero-order chi connectivity index (χ0) is 21.0. The summed E-state index contributed by atoms with van der Waals surface area (Å²) in [5.41, 5.74) is 0.424. The Kier molecular flexibility index (Phi) is 6.76. The van der Waals surface area contributed by atoms with Crippen molar-refractivity contribution in [2.75, 3.05) is 12.8 Å². The lowest BCUT2D eigenvalue weighted by Gasteiger charge is -2.28. The Morgan fingerprint density at radius 1 is 1.17 bits per heavy atom. The van der Waals surface area contributed by atoms with Crippen molar-refractivity contribution < 1.29 is 9.18 Å². The number of thioether (sulfide) groups is 1. The normalized spacial score (nSPS) is 18.7. The first-order valence-corrected chi connectivity index (χ1v) is 12.4. The summed E-state index contributed by atoms with van der Waals surface area (Å²) in [6.45, 7) is 0.619. The number of nitrogens with one attached hydrogen (secondary N) is 1. The molecule has 0 saturated heterocycles. The van der Waals surface area contributed by atoms with E-state index in [4.69, 9.17) is 0 Å². The zero-order valence-corrected chi connectivity index (χ0v) is 18.5. The first kappa shape index (κ1) is 21.3. The maximum Gasteiger partial charge on any atom is 0.230 e. The molecule has 0 radical (unpaired) electrons. The van der Waals surface area contributed by atoms with Crippen LogP contribution in [0.5, 0.6) is 0 Å². The number of halogens is 1. The molecule has 0 bridgehead atoms. The average Bonchev–Trinajstić information content (AvgIpc) is 3.52.